The summed E-state index contributed by atoms with van der Waals surface area (Å²) in [4.78, 5) is 13.6. The summed E-state index contributed by atoms with van der Waals surface area (Å²) in [7, 11) is 4.24. The fourth-order valence-corrected chi connectivity index (χ4v) is 5.62. The molecule has 1 saturated carbocycles. The molecule has 208 valence electrons. The van der Waals surface area contributed by atoms with E-state index in [0.717, 1.165) is 56.8 Å². The zero-order valence-electron chi connectivity index (χ0n) is 23.3. The zero-order valence-corrected chi connectivity index (χ0v) is 23.3. The van der Waals surface area contributed by atoms with E-state index in [1.807, 2.05) is 29.8 Å². The van der Waals surface area contributed by atoms with Crippen LogP contribution in [0, 0.1) is 12.7 Å². The average Bonchev–Trinajstić information content (AvgIpc) is 3.53. The second-order valence-electron chi connectivity index (χ2n) is 10.7. The molecule has 1 fully saturated rings. The number of nitrogen functional groups attached to an aromatic ring is 1. The molecule has 5 rings (SSSR count). The molecule has 39 heavy (non-hydrogen) atoms. The summed E-state index contributed by atoms with van der Waals surface area (Å²) in [5.74, 6) is 1.56. The first-order chi connectivity index (χ1) is 18.8. The normalized spacial score (nSPS) is 17.9. The van der Waals surface area contributed by atoms with Crippen LogP contribution < -0.4 is 11.1 Å². The fraction of sp³-hybridized carbons (Fsp3) is 0.483. The van der Waals surface area contributed by atoms with E-state index in [9.17, 15) is 0 Å². The number of nitrogens with two attached hydrogens (primary N) is 1. The first kappa shape index (κ1) is 27.1. The number of nitrogens with zero attached hydrogens (tertiary/aromatic N) is 6. The van der Waals surface area contributed by atoms with E-state index in [4.69, 9.17) is 15.2 Å². The SMILES string of the molecule is CCN(CCN(C)C)C1CCC(n2nc(-c3ccc(NCc4ccc(C)o4)c(F)c3)c3c(N)ncnc32)CC1. The lowest BCUT2D eigenvalue weighted by molar-refractivity contribution is 0.132. The molecule has 1 aromatic carbocycles. The number of anilines is 2. The second-order valence-corrected chi connectivity index (χ2v) is 10.7. The number of halogens is 1. The average molecular weight is 535 g/mol. The van der Waals surface area contributed by atoms with Crippen molar-refractivity contribution in [3.05, 3.63) is 54.0 Å². The largest absolute Gasteiger partial charge is 0.465 e. The number of furan rings is 1. The van der Waals surface area contributed by atoms with Crippen LogP contribution in [0.1, 0.15) is 50.2 Å². The van der Waals surface area contributed by atoms with Crippen LogP contribution in [-0.4, -0.2) is 69.3 Å². The minimum absolute atomic E-state index is 0.210. The van der Waals surface area contributed by atoms with Gasteiger partial charge >= 0.3 is 0 Å². The molecule has 0 amide bonds. The van der Waals surface area contributed by atoms with E-state index in [-0.39, 0.29) is 11.9 Å². The van der Waals surface area contributed by atoms with Crippen molar-refractivity contribution in [3.63, 3.8) is 0 Å². The molecular formula is C29H39FN8O. The van der Waals surface area contributed by atoms with Crippen molar-refractivity contribution in [2.45, 2.75) is 58.2 Å². The highest BCUT2D eigenvalue weighted by molar-refractivity contribution is 5.98. The van der Waals surface area contributed by atoms with Gasteiger partial charge in [0.1, 0.15) is 35.2 Å². The monoisotopic (exact) mass is 534 g/mol. The van der Waals surface area contributed by atoms with Gasteiger partial charge < -0.3 is 20.4 Å². The topological polar surface area (TPSA) is 101 Å². The second kappa shape index (κ2) is 11.7. The number of fused-ring (bicyclic) bond motifs is 1. The molecule has 0 radical (unpaired) electrons. The Labute approximate surface area is 229 Å². The molecule has 3 N–H and O–H groups in total. The van der Waals surface area contributed by atoms with Crippen molar-refractivity contribution in [3.8, 4) is 11.3 Å². The maximum atomic E-state index is 15.2. The smallest absolute Gasteiger partial charge is 0.164 e. The molecule has 0 atom stereocenters. The van der Waals surface area contributed by atoms with Gasteiger partial charge in [-0.2, -0.15) is 5.10 Å². The summed E-state index contributed by atoms with van der Waals surface area (Å²) in [6.45, 7) is 7.72. The summed E-state index contributed by atoms with van der Waals surface area (Å²) >= 11 is 0. The highest BCUT2D eigenvalue weighted by Crippen LogP contribution is 2.37. The van der Waals surface area contributed by atoms with Gasteiger partial charge in [0.25, 0.3) is 0 Å². The standard InChI is InChI=1S/C29H39FN8O/c1-5-37(15-14-36(3)4)21-8-10-22(11-9-21)38-29-26(28(31)33-18-34-29)27(35-38)20-7-13-25(24(30)16-20)32-17-23-12-6-19(2)39-23/h6-7,12-13,16,18,21-22,32H,5,8-11,14-15,17H2,1-4H3,(H2,31,33,34). The first-order valence-electron chi connectivity index (χ1n) is 13.8. The lowest BCUT2D eigenvalue weighted by atomic mass is 9.90. The number of nitrogens with one attached hydrogen (secondary N) is 1. The molecule has 0 aliphatic heterocycles. The molecule has 0 unspecified atom stereocenters. The maximum absolute atomic E-state index is 15.2. The molecule has 4 aromatic rings. The van der Waals surface area contributed by atoms with Crippen molar-refractivity contribution >= 4 is 22.5 Å². The lowest BCUT2D eigenvalue weighted by Gasteiger charge is -2.37. The van der Waals surface area contributed by atoms with Crippen LogP contribution >= 0.6 is 0 Å². The minimum atomic E-state index is -0.369. The third-order valence-corrected chi connectivity index (χ3v) is 7.78. The van der Waals surface area contributed by atoms with Gasteiger partial charge in [-0.25, -0.2) is 19.0 Å². The predicted molar refractivity (Wildman–Crippen MR) is 153 cm³/mol. The molecular weight excluding hydrogens is 495 g/mol. The minimum Gasteiger partial charge on any atom is -0.465 e. The molecule has 0 spiro atoms. The Hall–Kier alpha value is -3.50. The summed E-state index contributed by atoms with van der Waals surface area (Å²) < 4.78 is 22.7. The molecule has 3 heterocycles. The van der Waals surface area contributed by atoms with Gasteiger partial charge in [-0.05, 0) is 77.5 Å². The third-order valence-electron chi connectivity index (χ3n) is 7.78. The molecule has 0 saturated heterocycles. The van der Waals surface area contributed by atoms with Gasteiger partial charge in [0, 0.05) is 24.7 Å². The van der Waals surface area contributed by atoms with Crippen LogP contribution in [0.3, 0.4) is 0 Å². The summed E-state index contributed by atoms with van der Waals surface area (Å²) in [5, 5.41) is 8.76. The first-order valence-corrected chi connectivity index (χ1v) is 13.8. The Morgan fingerprint density at radius 3 is 2.56 bits per heavy atom. The van der Waals surface area contributed by atoms with Crippen LogP contribution in [0.5, 0.6) is 0 Å². The Kier molecular flexibility index (Phi) is 8.13. The van der Waals surface area contributed by atoms with Crippen LogP contribution in [0.4, 0.5) is 15.9 Å². The van der Waals surface area contributed by atoms with Crippen molar-refractivity contribution in [1.29, 1.82) is 0 Å². The number of hydrogen-bond acceptors (Lipinski definition) is 8. The Morgan fingerprint density at radius 1 is 1.10 bits per heavy atom. The van der Waals surface area contributed by atoms with Crippen molar-refractivity contribution in [2.24, 2.45) is 0 Å². The van der Waals surface area contributed by atoms with E-state index in [2.05, 4.69) is 46.1 Å². The maximum Gasteiger partial charge on any atom is 0.164 e. The number of aromatic nitrogens is 4. The molecule has 9 nitrogen and oxygen atoms in total. The zero-order chi connectivity index (χ0) is 27.5. The van der Waals surface area contributed by atoms with Gasteiger partial charge in [-0.3, -0.25) is 4.90 Å². The number of aryl methyl sites for hydroxylation is 1. The van der Waals surface area contributed by atoms with Crippen LogP contribution in [0.2, 0.25) is 0 Å². The van der Waals surface area contributed by atoms with E-state index in [0.29, 0.717) is 46.4 Å². The summed E-state index contributed by atoms with van der Waals surface area (Å²) in [5.41, 5.74) is 8.68. The van der Waals surface area contributed by atoms with E-state index in [1.165, 1.54) is 12.4 Å². The fourth-order valence-electron chi connectivity index (χ4n) is 5.62. The van der Waals surface area contributed by atoms with Gasteiger partial charge in [0.05, 0.1) is 23.7 Å². The molecule has 1 aliphatic rings. The number of likely N-dealkylation sites (N-methyl/N-ethyl adjacent to an activating group) is 2. The highest BCUT2D eigenvalue weighted by atomic mass is 19.1. The van der Waals surface area contributed by atoms with Crippen LogP contribution in [0.15, 0.2) is 41.1 Å². The van der Waals surface area contributed by atoms with E-state index >= 15 is 4.39 Å². The number of benzene rings is 1. The van der Waals surface area contributed by atoms with Crippen molar-refractivity contribution < 1.29 is 8.81 Å². The number of rotatable bonds is 10. The molecule has 1 aliphatic carbocycles. The Bertz CT molecular complexity index is 1410. The molecule has 0 bridgehead atoms. The quantitative estimate of drug-likeness (QED) is 0.290. The lowest BCUT2D eigenvalue weighted by Crippen LogP contribution is -2.41. The molecule has 3 aromatic heterocycles. The Balaban J connectivity index is 1.36. The third kappa shape index (κ3) is 5.91. The predicted octanol–water partition coefficient (Wildman–Crippen LogP) is 5.10. The number of hydrogen-bond donors (Lipinski definition) is 2. The van der Waals surface area contributed by atoms with Gasteiger partial charge in [-0.15, -0.1) is 0 Å². The van der Waals surface area contributed by atoms with Crippen molar-refractivity contribution in [2.75, 3.05) is 44.8 Å². The summed E-state index contributed by atoms with van der Waals surface area (Å²) in [6, 6.07) is 9.64. The van der Waals surface area contributed by atoms with Gasteiger partial charge in [0.15, 0.2) is 5.65 Å². The Morgan fingerprint density at radius 2 is 1.90 bits per heavy atom. The van der Waals surface area contributed by atoms with Crippen molar-refractivity contribution in [1.82, 2.24) is 29.5 Å². The van der Waals surface area contributed by atoms with Gasteiger partial charge in [0.2, 0.25) is 0 Å². The van der Waals surface area contributed by atoms with E-state index < -0.39 is 0 Å². The van der Waals surface area contributed by atoms with E-state index in [1.54, 1.807) is 6.07 Å². The molecule has 10 heteroatoms. The summed E-state index contributed by atoms with van der Waals surface area (Å²) in [6.07, 6.45) is 5.70. The highest BCUT2D eigenvalue weighted by Gasteiger charge is 2.29. The van der Waals surface area contributed by atoms with Crippen LogP contribution in [-0.2, 0) is 6.54 Å². The van der Waals surface area contributed by atoms with Gasteiger partial charge in [-0.1, -0.05) is 13.0 Å². The van der Waals surface area contributed by atoms with Crippen LogP contribution in [0.25, 0.3) is 22.3 Å².